The van der Waals surface area contributed by atoms with Crippen molar-refractivity contribution in [2.24, 2.45) is 5.14 Å². The first-order valence-corrected chi connectivity index (χ1v) is 9.48. The molecule has 0 unspecified atom stereocenters. The number of sulfonamides is 1. The molecule has 6 nitrogen and oxygen atoms in total. The first-order chi connectivity index (χ1) is 10.9. The van der Waals surface area contributed by atoms with Gasteiger partial charge in [-0.25, -0.2) is 13.6 Å². The predicted octanol–water partition coefficient (Wildman–Crippen LogP) is 1.43. The van der Waals surface area contributed by atoms with Crippen LogP contribution in [-0.2, 0) is 14.8 Å². The van der Waals surface area contributed by atoms with Gasteiger partial charge in [0.25, 0.3) is 5.91 Å². The number of fused-ring (bicyclic) bond motifs is 1. The lowest BCUT2D eigenvalue weighted by molar-refractivity contribution is -0.0753. The molecule has 126 valence electrons. The zero-order valence-electron chi connectivity index (χ0n) is 13.2. The Morgan fingerprint density at radius 3 is 2.78 bits per heavy atom. The summed E-state index contributed by atoms with van der Waals surface area (Å²) >= 11 is 0. The number of hydrogen-bond donors (Lipinski definition) is 1. The van der Waals surface area contributed by atoms with Crippen molar-refractivity contribution in [1.82, 2.24) is 4.90 Å². The normalized spacial score (nSPS) is 25.0. The van der Waals surface area contributed by atoms with Crippen molar-refractivity contribution in [2.75, 3.05) is 13.2 Å². The van der Waals surface area contributed by atoms with E-state index in [1.807, 2.05) is 4.90 Å². The molecule has 0 bridgehead atoms. The molecule has 0 aromatic heterocycles. The van der Waals surface area contributed by atoms with Gasteiger partial charge in [0.1, 0.15) is 0 Å². The second kappa shape index (κ2) is 6.22. The molecule has 2 N–H and O–H groups in total. The van der Waals surface area contributed by atoms with Crippen LogP contribution in [0.5, 0.6) is 0 Å². The van der Waals surface area contributed by atoms with Crippen molar-refractivity contribution in [3.8, 4) is 0 Å². The molecular formula is C16H22N2O4S. The van der Waals surface area contributed by atoms with Crippen LogP contribution in [0.4, 0.5) is 0 Å². The number of primary sulfonamides is 1. The Balaban J connectivity index is 1.93. The van der Waals surface area contributed by atoms with Gasteiger partial charge in [0.05, 0.1) is 23.6 Å². The van der Waals surface area contributed by atoms with Crippen LogP contribution >= 0.6 is 0 Å². The van der Waals surface area contributed by atoms with E-state index in [2.05, 4.69) is 0 Å². The van der Waals surface area contributed by atoms with Crippen LogP contribution in [0, 0.1) is 6.92 Å². The van der Waals surface area contributed by atoms with E-state index in [0.29, 0.717) is 18.7 Å². The zero-order valence-corrected chi connectivity index (χ0v) is 14.0. The summed E-state index contributed by atoms with van der Waals surface area (Å²) in [6, 6.07) is 4.54. The van der Waals surface area contributed by atoms with Gasteiger partial charge in [-0.15, -0.1) is 0 Å². The molecule has 0 spiro atoms. The standard InChI is InChI=1S/C16H22N2O4S/c1-11-6-7-12(23(17,20)21)10-13(11)16(19)18-8-9-22-15-5-3-2-4-14(15)18/h6-7,10,14-15H,2-5,8-9H2,1H3,(H2,17,20,21)/t14-,15-/m0/s1. The van der Waals surface area contributed by atoms with Gasteiger partial charge in [0, 0.05) is 12.1 Å². The number of rotatable bonds is 2. The fourth-order valence-electron chi connectivity index (χ4n) is 3.51. The van der Waals surface area contributed by atoms with Crippen molar-refractivity contribution in [2.45, 2.75) is 49.6 Å². The number of aryl methyl sites for hydroxylation is 1. The lowest BCUT2D eigenvalue weighted by atomic mass is 9.89. The zero-order chi connectivity index (χ0) is 16.6. The predicted molar refractivity (Wildman–Crippen MR) is 85.6 cm³/mol. The van der Waals surface area contributed by atoms with Gasteiger partial charge >= 0.3 is 0 Å². The minimum Gasteiger partial charge on any atom is -0.374 e. The Morgan fingerprint density at radius 2 is 2.04 bits per heavy atom. The van der Waals surface area contributed by atoms with Crippen molar-refractivity contribution < 1.29 is 17.9 Å². The minimum atomic E-state index is -3.83. The minimum absolute atomic E-state index is 0.0279. The van der Waals surface area contributed by atoms with E-state index in [-0.39, 0.29) is 22.9 Å². The molecule has 2 aliphatic rings. The van der Waals surface area contributed by atoms with Crippen LogP contribution in [0.25, 0.3) is 0 Å². The topological polar surface area (TPSA) is 89.7 Å². The average Bonchev–Trinajstić information content (AvgIpc) is 2.53. The second-order valence-electron chi connectivity index (χ2n) is 6.28. The second-order valence-corrected chi connectivity index (χ2v) is 7.84. The summed E-state index contributed by atoms with van der Waals surface area (Å²) in [6.07, 6.45) is 4.23. The van der Waals surface area contributed by atoms with Gasteiger partial charge < -0.3 is 9.64 Å². The molecule has 1 aromatic rings. The molecule has 1 saturated heterocycles. The molecular weight excluding hydrogens is 316 g/mol. The Kier molecular flexibility index (Phi) is 4.44. The Hall–Kier alpha value is -1.44. The number of morpholine rings is 1. The summed E-state index contributed by atoms with van der Waals surface area (Å²) in [4.78, 5) is 14.8. The molecule has 7 heteroatoms. The van der Waals surface area contributed by atoms with Crippen molar-refractivity contribution in [3.63, 3.8) is 0 Å². The Labute approximate surface area is 136 Å². The molecule has 2 fully saturated rings. The largest absolute Gasteiger partial charge is 0.374 e. The third-order valence-corrected chi connectivity index (χ3v) is 5.67. The third-order valence-electron chi connectivity index (χ3n) is 4.76. The van der Waals surface area contributed by atoms with Crippen LogP contribution in [0.2, 0.25) is 0 Å². The van der Waals surface area contributed by atoms with Gasteiger partial charge in [-0.1, -0.05) is 18.9 Å². The van der Waals surface area contributed by atoms with E-state index >= 15 is 0 Å². The number of hydrogen-bond acceptors (Lipinski definition) is 4. The summed E-state index contributed by atoms with van der Waals surface area (Å²) in [6.45, 7) is 2.87. The molecule has 1 amide bonds. The molecule has 1 heterocycles. The quantitative estimate of drug-likeness (QED) is 0.883. The average molecular weight is 338 g/mol. The monoisotopic (exact) mass is 338 g/mol. The van der Waals surface area contributed by atoms with E-state index in [0.717, 1.165) is 31.2 Å². The number of amides is 1. The van der Waals surface area contributed by atoms with Gasteiger partial charge in [-0.3, -0.25) is 4.79 Å². The lowest BCUT2D eigenvalue weighted by Gasteiger charge is -2.44. The number of nitrogens with zero attached hydrogens (tertiary/aromatic N) is 1. The van der Waals surface area contributed by atoms with Gasteiger partial charge in [-0.05, 0) is 37.5 Å². The maximum absolute atomic E-state index is 13.0. The molecule has 1 saturated carbocycles. The van der Waals surface area contributed by atoms with Crippen LogP contribution in [-0.4, -0.2) is 44.5 Å². The van der Waals surface area contributed by atoms with E-state index in [9.17, 15) is 13.2 Å². The van der Waals surface area contributed by atoms with Crippen LogP contribution in [0.15, 0.2) is 23.1 Å². The SMILES string of the molecule is Cc1ccc(S(N)(=O)=O)cc1C(=O)N1CCO[C@H]2CCCC[C@@H]21. The highest BCUT2D eigenvalue weighted by molar-refractivity contribution is 7.89. The van der Waals surface area contributed by atoms with Crippen LogP contribution < -0.4 is 5.14 Å². The Bertz CT molecular complexity index is 715. The number of carbonyl (C=O) groups is 1. The first-order valence-electron chi connectivity index (χ1n) is 7.94. The van der Waals surface area contributed by atoms with Gasteiger partial charge in [0.2, 0.25) is 10.0 Å². The van der Waals surface area contributed by atoms with Crippen molar-refractivity contribution in [3.05, 3.63) is 29.3 Å². The van der Waals surface area contributed by atoms with Gasteiger partial charge in [-0.2, -0.15) is 0 Å². The third kappa shape index (κ3) is 3.27. The highest BCUT2D eigenvalue weighted by Crippen LogP contribution is 2.30. The highest BCUT2D eigenvalue weighted by Gasteiger charge is 2.37. The van der Waals surface area contributed by atoms with Crippen molar-refractivity contribution >= 4 is 15.9 Å². The molecule has 1 aromatic carbocycles. The Morgan fingerprint density at radius 1 is 1.30 bits per heavy atom. The summed E-state index contributed by atoms with van der Waals surface area (Å²) < 4.78 is 28.9. The maximum atomic E-state index is 13.0. The first kappa shape index (κ1) is 16.4. The smallest absolute Gasteiger partial charge is 0.254 e. The van der Waals surface area contributed by atoms with E-state index < -0.39 is 10.0 Å². The van der Waals surface area contributed by atoms with Gasteiger partial charge in [0.15, 0.2) is 0 Å². The summed E-state index contributed by atoms with van der Waals surface area (Å²) in [5.74, 6) is -0.131. The van der Waals surface area contributed by atoms with E-state index in [4.69, 9.17) is 9.88 Å². The van der Waals surface area contributed by atoms with Crippen LogP contribution in [0.3, 0.4) is 0 Å². The molecule has 1 aliphatic carbocycles. The maximum Gasteiger partial charge on any atom is 0.254 e. The molecule has 0 radical (unpaired) electrons. The number of nitrogens with two attached hydrogens (primary N) is 1. The molecule has 3 rings (SSSR count). The van der Waals surface area contributed by atoms with Crippen LogP contribution in [0.1, 0.15) is 41.6 Å². The van der Waals surface area contributed by atoms with E-state index in [1.54, 1.807) is 13.0 Å². The number of ether oxygens (including phenoxy) is 1. The highest BCUT2D eigenvalue weighted by atomic mass is 32.2. The summed E-state index contributed by atoms with van der Waals surface area (Å²) in [5, 5.41) is 5.19. The number of benzene rings is 1. The molecule has 1 aliphatic heterocycles. The van der Waals surface area contributed by atoms with Crippen molar-refractivity contribution in [1.29, 1.82) is 0 Å². The lowest BCUT2D eigenvalue weighted by Crippen LogP contribution is -2.54. The fourth-order valence-corrected chi connectivity index (χ4v) is 4.05. The fraction of sp³-hybridized carbons (Fsp3) is 0.562. The summed E-state index contributed by atoms with van der Waals surface area (Å²) in [5.41, 5.74) is 1.16. The van der Waals surface area contributed by atoms with E-state index in [1.165, 1.54) is 12.1 Å². The molecule has 2 atom stereocenters. The summed E-state index contributed by atoms with van der Waals surface area (Å²) in [7, 11) is -3.83. The molecule has 23 heavy (non-hydrogen) atoms. The number of carbonyl (C=O) groups excluding carboxylic acids is 1.